The molecule has 14 heteroatoms. The number of hydrogen-bond acceptors (Lipinski definition) is 11. The van der Waals surface area contributed by atoms with E-state index in [-0.39, 0.29) is 74.3 Å². The lowest BCUT2D eigenvalue weighted by molar-refractivity contribution is -0.384. The smallest absolute Gasteiger partial charge is 0.434 e. The second-order valence-electron chi connectivity index (χ2n) is 8.76. The van der Waals surface area contributed by atoms with Gasteiger partial charge in [0.25, 0.3) is 5.69 Å². The number of carbonyl (C=O) groups excluding carboxylic acids is 5. The van der Waals surface area contributed by atoms with Gasteiger partial charge in [0.2, 0.25) is 11.8 Å². The third-order valence-corrected chi connectivity index (χ3v) is 8.58. The van der Waals surface area contributed by atoms with Crippen molar-refractivity contribution in [2.45, 2.75) is 63.0 Å². The second kappa shape index (κ2) is 18.2. The summed E-state index contributed by atoms with van der Waals surface area (Å²) in [4.78, 5) is 69.3. The largest absolute Gasteiger partial charge is 0.513 e. The summed E-state index contributed by atoms with van der Waals surface area (Å²) in [5.74, 6) is 0.108. The van der Waals surface area contributed by atoms with Crippen molar-refractivity contribution in [1.82, 2.24) is 10.6 Å². The number of non-ortho nitro benzene ring substituents is 1. The molecule has 0 radical (unpaired) electrons. The zero-order chi connectivity index (χ0) is 28.5. The minimum atomic E-state index is -1.01. The lowest BCUT2D eigenvalue weighted by atomic mass is 10.1. The number of unbranched alkanes of at least 4 members (excludes halogenated alkanes) is 1. The Balaban J connectivity index is 1.45. The van der Waals surface area contributed by atoms with Crippen molar-refractivity contribution >= 4 is 56.8 Å². The number of amides is 2. The van der Waals surface area contributed by atoms with Crippen LogP contribution in [0.3, 0.4) is 0 Å². The second-order valence-corrected chi connectivity index (χ2v) is 11.5. The first kappa shape index (κ1) is 32.1. The Morgan fingerprint density at radius 3 is 2.21 bits per heavy atom. The summed E-state index contributed by atoms with van der Waals surface area (Å²) in [7, 11) is 3.82. The lowest BCUT2D eigenvalue weighted by Crippen LogP contribution is -2.32. The predicted molar refractivity (Wildman–Crippen MR) is 146 cm³/mol. The summed E-state index contributed by atoms with van der Waals surface area (Å²) in [6, 6.07) is 4.88. The number of nitrogens with zero attached hydrogens (tertiary/aromatic N) is 1. The maximum absolute atomic E-state index is 11.9. The van der Waals surface area contributed by atoms with Gasteiger partial charge in [-0.15, -0.1) is 0 Å². The zero-order valence-electron chi connectivity index (χ0n) is 21.5. The molecule has 1 saturated heterocycles. The molecule has 12 nitrogen and oxygen atoms in total. The van der Waals surface area contributed by atoms with Crippen LogP contribution in [0.2, 0.25) is 0 Å². The summed E-state index contributed by atoms with van der Waals surface area (Å²) in [6.07, 6.45) is 3.61. The SMILES string of the molecule is O=C(CCC(=O)NCC(=O)CCCOC(=O)Oc1ccc([N+](=O)[O-])cc1)CNC(=O)CCCCC1CCSS1. The molecule has 0 aromatic heterocycles. The molecule has 39 heavy (non-hydrogen) atoms. The van der Waals surface area contributed by atoms with Crippen molar-refractivity contribution in [1.29, 1.82) is 0 Å². The van der Waals surface area contributed by atoms with Crippen LogP contribution >= 0.6 is 21.6 Å². The van der Waals surface area contributed by atoms with Crippen LogP contribution in [0.1, 0.15) is 57.8 Å². The molecule has 2 rings (SSSR count). The number of benzene rings is 1. The first-order valence-electron chi connectivity index (χ1n) is 12.7. The number of hydrogen-bond donors (Lipinski definition) is 2. The lowest BCUT2D eigenvalue weighted by Gasteiger charge is -2.08. The summed E-state index contributed by atoms with van der Waals surface area (Å²) in [5, 5.41) is 16.3. The van der Waals surface area contributed by atoms with E-state index in [2.05, 4.69) is 10.6 Å². The Morgan fingerprint density at radius 2 is 1.56 bits per heavy atom. The van der Waals surface area contributed by atoms with Gasteiger partial charge >= 0.3 is 6.16 Å². The highest BCUT2D eigenvalue weighted by Crippen LogP contribution is 2.39. The molecule has 1 atom stereocenters. The van der Waals surface area contributed by atoms with Crippen LogP contribution in [-0.2, 0) is 23.9 Å². The van der Waals surface area contributed by atoms with Crippen molar-refractivity contribution in [2.24, 2.45) is 0 Å². The number of rotatable bonds is 18. The average molecular weight is 584 g/mol. The number of ether oxygens (including phenoxy) is 2. The Kier molecular flexibility index (Phi) is 15.0. The van der Waals surface area contributed by atoms with Crippen molar-refractivity contribution in [3.63, 3.8) is 0 Å². The summed E-state index contributed by atoms with van der Waals surface area (Å²) in [6.45, 7) is -0.424. The van der Waals surface area contributed by atoms with Crippen LogP contribution < -0.4 is 15.4 Å². The molecule has 1 aromatic carbocycles. The van der Waals surface area contributed by atoms with Gasteiger partial charge in [-0.05, 0) is 37.8 Å². The third-order valence-electron chi connectivity index (χ3n) is 5.57. The molecule has 1 fully saturated rings. The Bertz CT molecular complexity index is 999. The van der Waals surface area contributed by atoms with E-state index in [9.17, 15) is 34.1 Å². The van der Waals surface area contributed by atoms with E-state index < -0.39 is 17.0 Å². The summed E-state index contributed by atoms with van der Waals surface area (Å²) in [5.41, 5.74) is -0.147. The van der Waals surface area contributed by atoms with Gasteiger partial charge in [-0.25, -0.2) is 4.79 Å². The van der Waals surface area contributed by atoms with Gasteiger partial charge in [-0.3, -0.25) is 29.3 Å². The van der Waals surface area contributed by atoms with Crippen LogP contribution in [0.4, 0.5) is 10.5 Å². The number of nitrogens with one attached hydrogen (secondary N) is 2. The molecule has 1 aromatic rings. The zero-order valence-corrected chi connectivity index (χ0v) is 23.2. The fourth-order valence-corrected chi connectivity index (χ4v) is 6.44. The maximum atomic E-state index is 11.9. The van der Waals surface area contributed by atoms with Crippen LogP contribution in [0.25, 0.3) is 0 Å². The van der Waals surface area contributed by atoms with Gasteiger partial charge in [0.1, 0.15) is 5.75 Å². The van der Waals surface area contributed by atoms with Crippen LogP contribution in [0, 0.1) is 10.1 Å². The molecule has 1 unspecified atom stereocenters. The highest BCUT2D eigenvalue weighted by atomic mass is 33.1. The van der Waals surface area contributed by atoms with E-state index in [1.165, 1.54) is 36.4 Å². The average Bonchev–Trinajstić information content (AvgIpc) is 3.44. The topological polar surface area (TPSA) is 171 Å². The Labute approximate surface area is 234 Å². The summed E-state index contributed by atoms with van der Waals surface area (Å²) < 4.78 is 9.72. The number of Topliss-reactive ketones (excluding diaryl/α,β-unsaturated/α-hetero) is 2. The van der Waals surface area contributed by atoms with E-state index in [1.54, 1.807) is 0 Å². The van der Waals surface area contributed by atoms with Gasteiger partial charge in [0.05, 0.1) is 24.6 Å². The van der Waals surface area contributed by atoms with Crippen molar-refractivity contribution in [3.05, 3.63) is 34.4 Å². The Hall–Kier alpha value is -3.13. The number of carbonyl (C=O) groups is 5. The van der Waals surface area contributed by atoms with Crippen molar-refractivity contribution in [3.8, 4) is 5.75 Å². The minimum Gasteiger partial charge on any atom is -0.434 e. The number of nitro benzene ring substituents is 1. The molecule has 1 aliphatic rings. The fraction of sp³-hybridized carbons (Fsp3) is 0.560. The fourth-order valence-electron chi connectivity index (χ4n) is 3.41. The molecule has 1 heterocycles. The molecule has 0 aliphatic carbocycles. The Morgan fingerprint density at radius 1 is 0.897 bits per heavy atom. The van der Waals surface area contributed by atoms with Crippen molar-refractivity contribution < 1.29 is 38.4 Å². The van der Waals surface area contributed by atoms with E-state index in [0.29, 0.717) is 11.7 Å². The number of ketones is 2. The van der Waals surface area contributed by atoms with Crippen LogP contribution in [0.5, 0.6) is 5.75 Å². The normalized spacial score (nSPS) is 14.3. The van der Waals surface area contributed by atoms with E-state index in [1.807, 2.05) is 21.6 Å². The van der Waals surface area contributed by atoms with Gasteiger partial charge in [-0.2, -0.15) is 0 Å². The molecule has 2 N–H and O–H groups in total. The van der Waals surface area contributed by atoms with Gasteiger partial charge in [0, 0.05) is 48.8 Å². The van der Waals surface area contributed by atoms with Crippen molar-refractivity contribution in [2.75, 3.05) is 25.4 Å². The van der Waals surface area contributed by atoms with Gasteiger partial charge in [-0.1, -0.05) is 28.0 Å². The van der Waals surface area contributed by atoms with E-state index in [4.69, 9.17) is 9.47 Å². The first-order chi connectivity index (χ1) is 18.7. The van der Waals surface area contributed by atoms with Crippen LogP contribution in [0.15, 0.2) is 24.3 Å². The first-order valence-corrected chi connectivity index (χ1v) is 15.0. The molecule has 214 valence electrons. The summed E-state index contributed by atoms with van der Waals surface area (Å²) >= 11 is 0. The number of nitro groups is 1. The standard InChI is InChI=1S/C25H33N3O9S2/c29-19(4-3-14-36-25(33)37-21-10-7-18(8-11-21)28(34)35)16-27-24(32)12-9-20(30)17-26-23(31)6-2-1-5-22-13-15-38-39-22/h7-8,10-11,22H,1-6,9,12-17H2,(H,26,31)(H,27,32). The monoisotopic (exact) mass is 583 g/mol. The molecule has 0 spiro atoms. The molecule has 1 aliphatic heterocycles. The molecular formula is C25H33N3O9S2. The van der Waals surface area contributed by atoms with E-state index in [0.717, 1.165) is 19.3 Å². The van der Waals surface area contributed by atoms with Gasteiger partial charge in [0.15, 0.2) is 11.6 Å². The predicted octanol–water partition coefficient (Wildman–Crippen LogP) is 3.76. The molecule has 0 bridgehead atoms. The van der Waals surface area contributed by atoms with Gasteiger partial charge < -0.3 is 20.1 Å². The highest BCUT2D eigenvalue weighted by molar-refractivity contribution is 8.77. The third kappa shape index (κ3) is 14.6. The molecular weight excluding hydrogens is 550 g/mol. The minimum absolute atomic E-state index is 0.0401. The molecule has 2 amide bonds. The molecule has 0 saturated carbocycles. The highest BCUT2D eigenvalue weighted by Gasteiger charge is 2.16. The quantitative estimate of drug-likeness (QED) is 0.0644. The van der Waals surface area contributed by atoms with E-state index >= 15 is 0 Å². The van der Waals surface area contributed by atoms with Crippen LogP contribution in [-0.4, -0.2) is 65.2 Å². The maximum Gasteiger partial charge on any atom is 0.513 e.